The van der Waals surface area contributed by atoms with Crippen LogP contribution in [0.15, 0.2) is 32.0 Å². The minimum absolute atomic E-state index is 0.0595. The Hall–Kier alpha value is 0.0500. The predicted molar refractivity (Wildman–Crippen MR) is 73.2 cm³/mol. The molecule has 0 aromatic heterocycles. The molecule has 17 heavy (non-hydrogen) atoms. The Kier molecular flexibility index (Phi) is 3.94. The van der Waals surface area contributed by atoms with Gasteiger partial charge in [-0.15, -0.1) is 0 Å². The van der Waals surface area contributed by atoms with Gasteiger partial charge in [-0.3, -0.25) is 0 Å². The van der Waals surface area contributed by atoms with Gasteiger partial charge in [-0.2, -0.15) is 4.31 Å². The predicted octanol–water partition coefficient (Wildman–Crippen LogP) is 1.93. The van der Waals surface area contributed by atoms with Crippen molar-refractivity contribution in [1.82, 2.24) is 4.31 Å². The van der Waals surface area contributed by atoms with Crippen molar-refractivity contribution in [3.63, 3.8) is 0 Å². The molecule has 0 unspecified atom stereocenters. The van der Waals surface area contributed by atoms with Crippen molar-refractivity contribution in [2.75, 3.05) is 13.1 Å². The van der Waals surface area contributed by atoms with Gasteiger partial charge in [0, 0.05) is 28.1 Å². The first kappa shape index (κ1) is 13.5. The molecule has 0 saturated carbocycles. The van der Waals surface area contributed by atoms with Crippen molar-refractivity contribution in [3.05, 3.63) is 27.1 Å². The van der Waals surface area contributed by atoms with Gasteiger partial charge in [0.15, 0.2) is 0 Å². The first-order valence-electron chi connectivity index (χ1n) is 5.12. The van der Waals surface area contributed by atoms with Crippen LogP contribution in [0, 0.1) is 0 Å². The molecule has 7 heteroatoms. The Bertz CT molecular complexity index is 533. The molecule has 1 fully saturated rings. The van der Waals surface area contributed by atoms with Gasteiger partial charge in [0.25, 0.3) is 0 Å². The lowest BCUT2D eigenvalue weighted by Gasteiger charge is -2.17. The fourth-order valence-corrected chi connectivity index (χ4v) is 4.76. The molecule has 0 amide bonds. The summed E-state index contributed by atoms with van der Waals surface area (Å²) in [4.78, 5) is 0.279. The van der Waals surface area contributed by atoms with E-state index in [1.165, 1.54) is 4.31 Å². The second kappa shape index (κ2) is 4.97. The van der Waals surface area contributed by atoms with Crippen LogP contribution in [0.2, 0.25) is 0 Å². The van der Waals surface area contributed by atoms with Crippen LogP contribution in [-0.4, -0.2) is 31.9 Å². The number of hydrogen-bond acceptors (Lipinski definition) is 3. The minimum Gasteiger partial charge on any atom is -0.326 e. The average molecular weight is 384 g/mol. The molecule has 1 saturated heterocycles. The molecule has 0 spiro atoms. The van der Waals surface area contributed by atoms with Crippen LogP contribution in [0.4, 0.5) is 0 Å². The zero-order chi connectivity index (χ0) is 12.6. The lowest BCUT2D eigenvalue weighted by atomic mass is 10.3. The highest BCUT2D eigenvalue weighted by Crippen LogP contribution is 2.29. The van der Waals surface area contributed by atoms with Crippen molar-refractivity contribution in [2.45, 2.75) is 17.4 Å². The van der Waals surface area contributed by atoms with Crippen LogP contribution in [0.3, 0.4) is 0 Å². The highest BCUT2D eigenvalue weighted by molar-refractivity contribution is 9.11. The fraction of sp³-hybridized carbons (Fsp3) is 0.400. The van der Waals surface area contributed by atoms with E-state index in [0.29, 0.717) is 24.0 Å². The normalized spacial score (nSPS) is 21.9. The first-order chi connectivity index (χ1) is 7.91. The molecule has 0 aliphatic carbocycles. The van der Waals surface area contributed by atoms with Gasteiger partial charge in [0.1, 0.15) is 0 Å². The third-order valence-corrected chi connectivity index (χ3v) is 6.05. The van der Waals surface area contributed by atoms with Crippen LogP contribution in [0.25, 0.3) is 0 Å². The highest BCUT2D eigenvalue weighted by Gasteiger charge is 2.32. The van der Waals surface area contributed by atoms with Crippen LogP contribution in [-0.2, 0) is 10.0 Å². The molecule has 4 nitrogen and oxygen atoms in total. The molecular weight excluding hydrogens is 372 g/mol. The number of halogens is 2. The number of nitrogens with two attached hydrogens (primary N) is 1. The number of rotatable bonds is 2. The molecule has 1 heterocycles. The Morgan fingerprint density at radius 1 is 1.35 bits per heavy atom. The van der Waals surface area contributed by atoms with E-state index in [-0.39, 0.29) is 10.9 Å². The summed E-state index contributed by atoms with van der Waals surface area (Å²) in [6, 6.07) is 5.05. The number of nitrogens with zero attached hydrogens (tertiary/aromatic N) is 1. The largest absolute Gasteiger partial charge is 0.326 e. The zero-order valence-corrected chi connectivity index (χ0v) is 12.9. The lowest BCUT2D eigenvalue weighted by molar-refractivity contribution is 0.472. The van der Waals surface area contributed by atoms with E-state index in [4.69, 9.17) is 5.73 Å². The van der Waals surface area contributed by atoms with E-state index in [1.54, 1.807) is 18.2 Å². The third kappa shape index (κ3) is 2.73. The van der Waals surface area contributed by atoms with Crippen LogP contribution < -0.4 is 5.73 Å². The maximum Gasteiger partial charge on any atom is 0.244 e. The standard InChI is InChI=1S/C10H12Br2N2O2S/c11-7-1-2-9(12)10(5-7)17(15,16)14-4-3-8(13)6-14/h1-2,5,8H,3-4,6,13H2/t8-/m0/s1. The van der Waals surface area contributed by atoms with Crippen LogP contribution >= 0.6 is 31.9 Å². The van der Waals surface area contributed by atoms with Crippen LogP contribution in [0.1, 0.15) is 6.42 Å². The number of hydrogen-bond donors (Lipinski definition) is 1. The van der Waals surface area contributed by atoms with Gasteiger partial charge in [0.2, 0.25) is 10.0 Å². The van der Waals surface area contributed by atoms with Gasteiger partial charge < -0.3 is 5.73 Å². The SMILES string of the molecule is N[C@H]1CCN(S(=O)(=O)c2cc(Br)ccc2Br)C1. The average Bonchev–Trinajstić information content (AvgIpc) is 2.69. The Labute approximate surface area is 117 Å². The monoisotopic (exact) mass is 382 g/mol. The summed E-state index contributed by atoms with van der Waals surface area (Å²) in [5, 5.41) is 0. The van der Waals surface area contributed by atoms with E-state index in [1.807, 2.05) is 0 Å². The number of sulfonamides is 1. The fourth-order valence-electron chi connectivity index (χ4n) is 1.79. The molecule has 1 aliphatic heterocycles. The summed E-state index contributed by atoms with van der Waals surface area (Å²) >= 11 is 6.55. The quantitative estimate of drug-likeness (QED) is 0.848. The minimum atomic E-state index is -3.45. The molecular formula is C10H12Br2N2O2S. The third-order valence-electron chi connectivity index (χ3n) is 2.70. The van der Waals surface area contributed by atoms with Crippen molar-refractivity contribution in [1.29, 1.82) is 0 Å². The van der Waals surface area contributed by atoms with E-state index in [9.17, 15) is 8.42 Å². The van der Waals surface area contributed by atoms with E-state index < -0.39 is 10.0 Å². The number of benzene rings is 1. The molecule has 2 N–H and O–H groups in total. The molecule has 94 valence electrons. The smallest absolute Gasteiger partial charge is 0.244 e. The van der Waals surface area contributed by atoms with Gasteiger partial charge in [-0.1, -0.05) is 15.9 Å². The molecule has 0 radical (unpaired) electrons. The summed E-state index contributed by atoms with van der Waals surface area (Å²) < 4.78 is 27.5. The maximum absolute atomic E-state index is 12.4. The van der Waals surface area contributed by atoms with Gasteiger partial charge in [-0.25, -0.2) is 8.42 Å². The van der Waals surface area contributed by atoms with Crippen molar-refractivity contribution in [3.8, 4) is 0 Å². The van der Waals surface area contributed by atoms with Crippen LogP contribution in [0.5, 0.6) is 0 Å². The summed E-state index contributed by atoms with van der Waals surface area (Å²) in [6.07, 6.45) is 0.713. The summed E-state index contributed by atoms with van der Waals surface area (Å²) in [7, 11) is -3.45. The van der Waals surface area contributed by atoms with Crippen molar-refractivity contribution >= 4 is 41.9 Å². The molecule has 0 bridgehead atoms. The van der Waals surface area contributed by atoms with Crippen molar-refractivity contribution in [2.24, 2.45) is 5.73 Å². The van der Waals surface area contributed by atoms with Gasteiger partial charge in [-0.05, 0) is 40.5 Å². The molecule has 1 aromatic rings. The highest BCUT2D eigenvalue weighted by atomic mass is 79.9. The summed E-state index contributed by atoms with van der Waals surface area (Å²) in [6.45, 7) is 0.879. The second-order valence-electron chi connectivity index (χ2n) is 3.99. The molecule has 1 aromatic carbocycles. The van der Waals surface area contributed by atoms with E-state index in [0.717, 1.165) is 4.47 Å². The topological polar surface area (TPSA) is 63.4 Å². The zero-order valence-electron chi connectivity index (χ0n) is 8.94. The van der Waals surface area contributed by atoms with E-state index >= 15 is 0 Å². The lowest BCUT2D eigenvalue weighted by Crippen LogP contribution is -2.32. The van der Waals surface area contributed by atoms with E-state index in [2.05, 4.69) is 31.9 Å². The summed E-state index contributed by atoms with van der Waals surface area (Å²) in [5.41, 5.74) is 5.74. The maximum atomic E-state index is 12.4. The molecule has 1 atom stereocenters. The Morgan fingerprint density at radius 2 is 2.06 bits per heavy atom. The summed E-state index contributed by atoms with van der Waals surface area (Å²) in [5.74, 6) is 0. The Morgan fingerprint density at radius 3 is 2.65 bits per heavy atom. The first-order valence-corrected chi connectivity index (χ1v) is 8.14. The second-order valence-corrected chi connectivity index (χ2v) is 7.66. The molecule has 1 aliphatic rings. The van der Waals surface area contributed by atoms with Gasteiger partial charge >= 0.3 is 0 Å². The molecule has 2 rings (SSSR count). The van der Waals surface area contributed by atoms with Gasteiger partial charge in [0.05, 0.1) is 4.90 Å². The van der Waals surface area contributed by atoms with Crippen molar-refractivity contribution < 1.29 is 8.42 Å². The Balaban J connectivity index is 2.41.